The quantitative estimate of drug-likeness (QED) is 0.729. The van der Waals surface area contributed by atoms with E-state index >= 15 is 0 Å². The molecule has 1 aromatic rings. The molecule has 1 aliphatic heterocycles. The Hall–Kier alpha value is -2.15. The van der Waals surface area contributed by atoms with E-state index in [1.54, 1.807) is 12.1 Å². The highest BCUT2D eigenvalue weighted by molar-refractivity contribution is 5.79. The van der Waals surface area contributed by atoms with Gasteiger partial charge in [-0.3, -0.25) is 14.5 Å². The third-order valence-electron chi connectivity index (χ3n) is 5.22. The molecule has 1 saturated carbocycles. The van der Waals surface area contributed by atoms with E-state index in [-0.39, 0.29) is 30.8 Å². The molecule has 3 rings (SSSR count). The Kier molecular flexibility index (Phi) is 5.22. The molecule has 2 aliphatic rings. The number of rotatable bonds is 7. The van der Waals surface area contributed by atoms with Crippen molar-refractivity contribution in [2.75, 3.05) is 32.8 Å². The molecule has 2 atom stereocenters. The number of benzene rings is 1. The van der Waals surface area contributed by atoms with Crippen LogP contribution in [0.4, 0.5) is 4.39 Å². The van der Waals surface area contributed by atoms with E-state index in [2.05, 4.69) is 5.32 Å². The molecule has 0 spiro atoms. The third-order valence-corrected chi connectivity index (χ3v) is 5.22. The maximum absolute atomic E-state index is 13.0. The van der Waals surface area contributed by atoms with Crippen LogP contribution in [0.1, 0.15) is 19.3 Å². The van der Waals surface area contributed by atoms with Gasteiger partial charge in [-0.25, -0.2) is 4.39 Å². The second kappa shape index (κ2) is 7.39. The number of carbonyl (C=O) groups excluding carboxylic acids is 1. The first kappa shape index (κ1) is 17.7. The van der Waals surface area contributed by atoms with E-state index in [9.17, 15) is 19.1 Å². The normalized spacial score (nSPS) is 25.6. The van der Waals surface area contributed by atoms with E-state index in [0.717, 1.165) is 12.8 Å². The number of fused-ring (bicyclic) bond motifs is 1. The lowest BCUT2D eigenvalue weighted by atomic mass is 9.81. The van der Waals surface area contributed by atoms with E-state index in [0.29, 0.717) is 31.8 Å². The Bertz CT molecular complexity index is 654. The van der Waals surface area contributed by atoms with E-state index in [1.807, 2.05) is 4.90 Å². The minimum Gasteiger partial charge on any atom is -0.492 e. The predicted octanol–water partition coefficient (Wildman–Crippen LogP) is 1.51. The standard InChI is InChI=1S/C18H23FN2O4/c19-14-4-1-5-15(9-14)25-8-7-20-16(22)11-21-10-13-3-2-6-18(13,12-21)17(23)24/h1,4-5,9,13H,2-3,6-8,10-12H2,(H,20,22)(H,23,24)/t13-,18+/m0/s1. The Balaban J connectivity index is 1.39. The number of amides is 1. The molecule has 2 fully saturated rings. The topological polar surface area (TPSA) is 78.9 Å². The van der Waals surface area contributed by atoms with E-state index < -0.39 is 11.4 Å². The van der Waals surface area contributed by atoms with Crippen LogP contribution in [0.25, 0.3) is 0 Å². The maximum Gasteiger partial charge on any atom is 0.311 e. The van der Waals surface area contributed by atoms with Gasteiger partial charge >= 0.3 is 5.97 Å². The van der Waals surface area contributed by atoms with Gasteiger partial charge in [-0.05, 0) is 30.9 Å². The lowest BCUT2D eigenvalue weighted by molar-refractivity contribution is -0.149. The molecule has 2 N–H and O–H groups in total. The summed E-state index contributed by atoms with van der Waals surface area (Å²) >= 11 is 0. The highest BCUT2D eigenvalue weighted by atomic mass is 19.1. The Morgan fingerprint density at radius 1 is 1.44 bits per heavy atom. The number of ether oxygens (including phenoxy) is 1. The van der Waals surface area contributed by atoms with Gasteiger partial charge in [0.05, 0.1) is 18.5 Å². The Morgan fingerprint density at radius 2 is 2.28 bits per heavy atom. The first-order valence-electron chi connectivity index (χ1n) is 8.60. The average molecular weight is 350 g/mol. The molecular weight excluding hydrogens is 327 g/mol. The van der Waals surface area contributed by atoms with Crippen LogP contribution in [0.15, 0.2) is 24.3 Å². The molecule has 0 unspecified atom stereocenters. The fourth-order valence-corrected chi connectivity index (χ4v) is 4.04. The van der Waals surface area contributed by atoms with Crippen molar-refractivity contribution in [2.24, 2.45) is 11.3 Å². The molecule has 0 aromatic heterocycles. The molecule has 1 heterocycles. The Morgan fingerprint density at radius 3 is 3.00 bits per heavy atom. The van der Waals surface area contributed by atoms with Gasteiger partial charge < -0.3 is 15.2 Å². The average Bonchev–Trinajstić information content (AvgIpc) is 3.09. The van der Waals surface area contributed by atoms with Crippen molar-refractivity contribution < 1.29 is 23.8 Å². The van der Waals surface area contributed by atoms with Crippen LogP contribution in [-0.4, -0.2) is 54.7 Å². The first-order valence-corrected chi connectivity index (χ1v) is 8.60. The molecule has 0 bridgehead atoms. The van der Waals surface area contributed by atoms with E-state index in [4.69, 9.17) is 4.74 Å². The minimum atomic E-state index is -0.735. The summed E-state index contributed by atoms with van der Waals surface area (Å²) in [5.41, 5.74) is -0.666. The van der Waals surface area contributed by atoms with Gasteiger partial charge in [-0.1, -0.05) is 12.5 Å². The summed E-state index contributed by atoms with van der Waals surface area (Å²) in [7, 11) is 0. The summed E-state index contributed by atoms with van der Waals surface area (Å²) < 4.78 is 18.4. The van der Waals surface area contributed by atoms with Crippen molar-refractivity contribution in [1.29, 1.82) is 0 Å². The molecule has 1 aliphatic carbocycles. The maximum atomic E-state index is 13.0. The largest absolute Gasteiger partial charge is 0.492 e. The molecule has 1 amide bonds. The number of aliphatic carboxylic acids is 1. The molecule has 136 valence electrons. The van der Waals surface area contributed by atoms with Crippen LogP contribution < -0.4 is 10.1 Å². The molecular formula is C18H23FN2O4. The summed E-state index contributed by atoms with van der Waals surface area (Å²) in [4.78, 5) is 25.6. The monoisotopic (exact) mass is 350 g/mol. The highest BCUT2D eigenvalue weighted by Crippen LogP contribution is 2.48. The van der Waals surface area contributed by atoms with Crippen LogP contribution >= 0.6 is 0 Å². The molecule has 0 radical (unpaired) electrons. The smallest absolute Gasteiger partial charge is 0.311 e. The summed E-state index contributed by atoms with van der Waals surface area (Å²) in [5, 5.41) is 12.3. The van der Waals surface area contributed by atoms with Gasteiger partial charge in [0.1, 0.15) is 18.2 Å². The van der Waals surface area contributed by atoms with Crippen molar-refractivity contribution in [3.05, 3.63) is 30.1 Å². The van der Waals surface area contributed by atoms with Gasteiger partial charge in [0.15, 0.2) is 0 Å². The number of nitrogens with one attached hydrogen (secondary N) is 1. The van der Waals surface area contributed by atoms with Gasteiger partial charge in [0.2, 0.25) is 5.91 Å². The zero-order chi connectivity index (χ0) is 17.9. The number of hydrogen-bond donors (Lipinski definition) is 2. The number of carbonyl (C=O) groups is 2. The van der Waals surface area contributed by atoms with Crippen molar-refractivity contribution in [1.82, 2.24) is 10.2 Å². The molecule has 7 heteroatoms. The van der Waals surface area contributed by atoms with Crippen LogP contribution in [0.3, 0.4) is 0 Å². The van der Waals surface area contributed by atoms with Crippen LogP contribution in [0, 0.1) is 17.2 Å². The summed E-state index contributed by atoms with van der Waals surface area (Å²) in [6, 6.07) is 5.84. The van der Waals surface area contributed by atoms with Crippen LogP contribution in [-0.2, 0) is 9.59 Å². The Labute approximate surface area is 146 Å². The number of nitrogens with zero attached hydrogens (tertiary/aromatic N) is 1. The number of halogens is 1. The number of hydrogen-bond acceptors (Lipinski definition) is 4. The van der Waals surface area contributed by atoms with Crippen molar-refractivity contribution >= 4 is 11.9 Å². The lowest BCUT2D eigenvalue weighted by Crippen LogP contribution is -2.40. The SMILES string of the molecule is O=C(CN1C[C@@H]2CCC[C@@]2(C(=O)O)C1)NCCOc1cccc(F)c1. The van der Waals surface area contributed by atoms with Gasteiger partial charge in [-0.15, -0.1) is 0 Å². The summed E-state index contributed by atoms with van der Waals surface area (Å²) in [5.74, 6) is -0.683. The third kappa shape index (κ3) is 3.92. The van der Waals surface area contributed by atoms with Crippen molar-refractivity contribution in [2.45, 2.75) is 19.3 Å². The molecule has 6 nitrogen and oxygen atoms in total. The predicted molar refractivity (Wildman–Crippen MR) is 88.8 cm³/mol. The zero-order valence-corrected chi connectivity index (χ0v) is 14.0. The van der Waals surface area contributed by atoms with Gasteiger partial charge in [0.25, 0.3) is 0 Å². The van der Waals surface area contributed by atoms with Crippen molar-refractivity contribution in [3.63, 3.8) is 0 Å². The minimum absolute atomic E-state index is 0.147. The van der Waals surface area contributed by atoms with Gasteiger partial charge in [-0.2, -0.15) is 0 Å². The highest BCUT2D eigenvalue weighted by Gasteiger charge is 2.54. The van der Waals surface area contributed by atoms with E-state index in [1.165, 1.54) is 12.1 Å². The fraction of sp³-hybridized carbons (Fsp3) is 0.556. The number of carboxylic acids is 1. The summed E-state index contributed by atoms with van der Waals surface area (Å²) in [6.45, 7) is 1.87. The van der Waals surface area contributed by atoms with Crippen LogP contribution in [0.5, 0.6) is 5.75 Å². The molecule has 1 saturated heterocycles. The van der Waals surface area contributed by atoms with Gasteiger partial charge in [0, 0.05) is 19.2 Å². The first-order chi connectivity index (χ1) is 12.0. The van der Waals surface area contributed by atoms with Crippen LogP contribution in [0.2, 0.25) is 0 Å². The lowest BCUT2D eigenvalue weighted by Gasteiger charge is -2.23. The molecule has 1 aromatic carbocycles. The van der Waals surface area contributed by atoms with Crippen molar-refractivity contribution in [3.8, 4) is 5.75 Å². The second-order valence-corrected chi connectivity index (χ2v) is 6.88. The second-order valence-electron chi connectivity index (χ2n) is 6.88. The number of likely N-dealkylation sites (tertiary alicyclic amines) is 1. The zero-order valence-electron chi connectivity index (χ0n) is 14.0. The molecule has 25 heavy (non-hydrogen) atoms. The number of carboxylic acid groups (broad SMARTS) is 1. The fourth-order valence-electron chi connectivity index (χ4n) is 4.04. The summed E-state index contributed by atoms with van der Waals surface area (Å²) in [6.07, 6.45) is 2.58.